The summed E-state index contributed by atoms with van der Waals surface area (Å²) < 4.78 is 4.57. The van der Waals surface area contributed by atoms with Crippen LogP contribution in [0.25, 0.3) is 10.6 Å². The van der Waals surface area contributed by atoms with Gasteiger partial charge in [0.15, 0.2) is 4.88 Å². The molecule has 0 aliphatic carbocycles. The third-order valence-electron chi connectivity index (χ3n) is 2.36. The highest BCUT2D eigenvalue weighted by atomic mass is 32.1. The second-order valence-corrected chi connectivity index (χ2v) is 4.48. The molecule has 4 nitrogen and oxygen atoms in total. The van der Waals surface area contributed by atoms with E-state index in [0.717, 1.165) is 22.5 Å². The van der Waals surface area contributed by atoms with Crippen molar-refractivity contribution >= 4 is 17.3 Å². The van der Waals surface area contributed by atoms with Crippen LogP contribution in [0.3, 0.4) is 0 Å². The number of methoxy groups -OCH3 is 1. The van der Waals surface area contributed by atoms with E-state index in [0.29, 0.717) is 5.01 Å². The summed E-state index contributed by atoms with van der Waals surface area (Å²) in [5.74, 6) is -0.847. The maximum Gasteiger partial charge on any atom is 0.353 e. The molecule has 2 rings (SSSR count). The Kier molecular flexibility index (Phi) is 3.10. The molecule has 0 unspecified atom stereocenters. The van der Waals surface area contributed by atoms with Crippen LogP contribution in [-0.4, -0.2) is 23.2 Å². The van der Waals surface area contributed by atoms with Crippen LogP contribution in [0.4, 0.5) is 0 Å². The van der Waals surface area contributed by atoms with Gasteiger partial charge in [-0.25, -0.2) is 9.78 Å². The van der Waals surface area contributed by atoms with E-state index in [2.05, 4.69) is 9.72 Å². The minimum absolute atomic E-state index is 0.130. The van der Waals surface area contributed by atoms with Gasteiger partial charge in [-0.05, 0) is 12.5 Å². The van der Waals surface area contributed by atoms with Crippen LogP contribution in [0.1, 0.15) is 15.2 Å². The monoisotopic (exact) mass is 249 g/mol. The predicted molar refractivity (Wildman–Crippen MR) is 65.3 cm³/mol. The van der Waals surface area contributed by atoms with Crippen LogP contribution in [0.5, 0.6) is 5.88 Å². The minimum atomic E-state index is -0.570. The van der Waals surface area contributed by atoms with E-state index in [9.17, 15) is 9.90 Å². The first kappa shape index (κ1) is 11.6. The number of aryl methyl sites for hydroxylation is 1. The summed E-state index contributed by atoms with van der Waals surface area (Å²) in [4.78, 5) is 15.5. The van der Waals surface area contributed by atoms with Gasteiger partial charge in [0.25, 0.3) is 0 Å². The highest BCUT2D eigenvalue weighted by Gasteiger charge is 2.19. The van der Waals surface area contributed by atoms with Crippen molar-refractivity contribution < 1.29 is 14.6 Å². The number of carbonyl (C=O) groups excluding carboxylic acids is 1. The topological polar surface area (TPSA) is 59.4 Å². The lowest BCUT2D eigenvalue weighted by Gasteiger charge is -1.99. The quantitative estimate of drug-likeness (QED) is 0.831. The Balaban J connectivity index is 2.49. The van der Waals surface area contributed by atoms with Crippen LogP contribution < -0.4 is 0 Å². The van der Waals surface area contributed by atoms with E-state index < -0.39 is 5.97 Å². The van der Waals surface area contributed by atoms with Crippen molar-refractivity contribution in [1.82, 2.24) is 4.98 Å². The van der Waals surface area contributed by atoms with Crippen molar-refractivity contribution in [3.63, 3.8) is 0 Å². The Morgan fingerprint density at radius 2 is 2.12 bits per heavy atom. The molecular formula is C12H11NO3S. The van der Waals surface area contributed by atoms with Gasteiger partial charge < -0.3 is 9.84 Å². The number of rotatable bonds is 2. The van der Waals surface area contributed by atoms with Crippen molar-refractivity contribution in [1.29, 1.82) is 0 Å². The van der Waals surface area contributed by atoms with Crippen LogP contribution in [0, 0.1) is 6.92 Å². The molecule has 0 amide bonds. The van der Waals surface area contributed by atoms with Crippen molar-refractivity contribution in [3.05, 3.63) is 34.7 Å². The SMILES string of the molecule is COC(=O)c1sc(-c2ccccc2C)nc1O. The number of hydrogen-bond donors (Lipinski definition) is 1. The summed E-state index contributed by atoms with van der Waals surface area (Å²) in [5, 5.41) is 10.2. The molecule has 0 fully saturated rings. The van der Waals surface area contributed by atoms with Crippen molar-refractivity contribution in [2.24, 2.45) is 0 Å². The van der Waals surface area contributed by atoms with Gasteiger partial charge in [0.05, 0.1) is 7.11 Å². The number of aromatic hydroxyl groups is 1. The Labute approximate surface area is 103 Å². The molecule has 5 heteroatoms. The highest BCUT2D eigenvalue weighted by Crippen LogP contribution is 2.33. The number of carbonyl (C=O) groups is 1. The number of thiazole rings is 1. The maximum absolute atomic E-state index is 11.4. The average Bonchev–Trinajstić information content (AvgIpc) is 2.71. The second-order valence-electron chi connectivity index (χ2n) is 3.48. The standard InChI is InChI=1S/C12H11NO3S/c1-7-5-3-4-6-8(7)11-13-10(14)9(17-11)12(15)16-2/h3-6,14H,1-2H3. The summed E-state index contributed by atoms with van der Waals surface area (Å²) in [7, 11) is 1.27. The Bertz CT molecular complexity index is 563. The number of esters is 1. The van der Waals surface area contributed by atoms with Gasteiger partial charge in [0, 0.05) is 5.56 Å². The average molecular weight is 249 g/mol. The van der Waals surface area contributed by atoms with Crippen molar-refractivity contribution in [2.75, 3.05) is 7.11 Å². The Hall–Kier alpha value is -1.88. The van der Waals surface area contributed by atoms with E-state index in [4.69, 9.17) is 0 Å². The zero-order chi connectivity index (χ0) is 12.4. The third kappa shape index (κ3) is 2.14. The molecule has 0 saturated heterocycles. The molecule has 0 atom stereocenters. The predicted octanol–water partition coefficient (Wildman–Crippen LogP) is 2.61. The smallest absolute Gasteiger partial charge is 0.353 e. The number of ether oxygens (including phenoxy) is 1. The van der Waals surface area contributed by atoms with Gasteiger partial charge in [0.1, 0.15) is 5.01 Å². The molecule has 0 radical (unpaired) electrons. The molecule has 1 heterocycles. The maximum atomic E-state index is 11.4. The van der Waals surface area contributed by atoms with Crippen molar-refractivity contribution in [3.8, 4) is 16.5 Å². The molecule has 17 heavy (non-hydrogen) atoms. The molecule has 1 aromatic carbocycles. The highest BCUT2D eigenvalue weighted by molar-refractivity contribution is 7.17. The van der Waals surface area contributed by atoms with Gasteiger partial charge in [-0.1, -0.05) is 24.3 Å². The fourth-order valence-electron chi connectivity index (χ4n) is 1.47. The normalized spacial score (nSPS) is 10.2. The van der Waals surface area contributed by atoms with Gasteiger partial charge >= 0.3 is 5.97 Å². The lowest BCUT2D eigenvalue weighted by atomic mass is 10.1. The number of hydrogen-bond acceptors (Lipinski definition) is 5. The number of aromatic nitrogens is 1. The first-order valence-corrected chi connectivity index (χ1v) is 5.79. The van der Waals surface area contributed by atoms with E-state index in [1.165, 1.54) is 7.11 Å². The van der Waals surface area contributed by atoms with Gasteiger partial charge in [-0.15, -0.1) is 11.3 Å². The molecule has 0 bridgehead atoms. The molecule has 0 aliphatic rings. The summed E-state index contributed by atoms with van der Waals surface area (Å²) in [5.41, 5.74) is 1.95. The zero-order valence-electron chi connectivity index (χ0n) is 9.43. The summed E-state index contributed by atoms with van der Waals surface area (Å²) in [6.07, 6.45) is 0. The molecule has 0 spiro atoms. The van der Waals surface area contributed by atoms with Gasteiger partial charge in [-0.2, -0.15) is 0 Å². The fourth-order valence-corrected chi connectivity index (χ4v) is 2.43. The van der Waals surface area contributed by atoms with E-state index in [1.807, 2.05) is 31.2 Å². The van der Waals surface area contributed by atoms with Crippen LogP contribution >= 0.6 is 11.3 Å². The second kappa shape index (κ2) is 4.55. The van der Waals surface area contributed by atoms with Gasteiger partial charge in [0.2, 0.25) is 5.88 Å². The number of nitrogens with zero attached hydrogens (tertiary/aromatic N) is 1. The van der Waals surface area contributed by atoms with E-state index >= 15 is 0 Å². The minimum Gasteiger partial charge on any atom is -0.492 e. The summed E-state index contributed by atoms with van der Waals surface area (Å²) in [6.45, 7) is 1.95. The van der Waals surface area contributed by atoms with Crippen molar-refractivity contribution in [2.45, 2.75) is 6.92 Å². The van der Waals surface area contributed by atoms with Crippen LogP contribution in [0.2, 0.25) is 0 Å². The molecule has 1 N–H and O–H groups in total. The molecule has 1 aromatic heterocycles. The largest absolute Gasteiger partial charge is 0.492 e. The molecule has 88 valence electrons. The van der Waals surface area contributed by atoms with Crippen LogP contribution in [-0.2, 0) is 4.74 Å². The first-order chi connectivity index (χ1) is 8.13. The molecule has 0 saturated carbocycles. The van der Waals surface area contributed by atoms with Crippen LogP contribution in [0.15, 0.2) is 24.3 Å². The van der Waals surface area contributed by atoms with E-state index in [-0.39, 0.29) is 10.8 Å². The molecule has 0 aliphatic heterocycles. The lowest BCUT2D eigenvalue weighted by molar-refractivity contribution is 0.0603. The molecule has 2 aromatic rings. The zero-order valence-corrected chi connectivity index (χ0v) is 10.2. The number of benzene rings is 1. The Morgan fingerprint density at radius 3 is 2.76 bits per heavy atom. The summed E-state index contributed by atoms with van der Waals surface area (Å²) >= 11 is 1.12. The van der Waals surface area contributed by atoms with Gasteiger partial charge in [-0.3, -0.25) is 0 Å². The first-order valence-electron chi connectivity index (χ1n) is 4.97. The Morgan fingerprint density at radius 1 is 1.41 bits per heavy atom. The van der Waals surface area contributed by atoms with E-state index in [1.54, 1.807) is 0 Å². The molecular weight excluding hydrogens is 238 g/mol. The fraction of sp³-hybridized carbons (Fsp3) is 0.167. The third-order valence-corrected chi connectivity index (χ3v) is 3.41. The summed E-state index contributed by atoms with van der Waals surface area (Å²) in [6, 6.07) is 7.66. The lowest BCUT2D eigenvalue weighted by Crippen LogP contribution is -1.97.